The van der Waals surface area contributed by atoms with Crippen LogP contribution in [0.25, 0.3) is 0 Å². The van der Waals surface area contributed by atoms with Crippen molar-refractivity contribution in [1.29, 1.82) is 0 Å². The Morgan fingerprint density at radius 1 is 1.09 bits per heavy atom. The summed E-state index contributed by atoms with van der Waals surface area (Å²) in [5.74, 6) is 0. The minimum atomic E-state index is 1.12. The summed E-state index contributed by atoms with van der Waals surface area (Å²) in [5.41, 5.74) is 0. The minimum absolute atomic E-state index is 1.12. The van der Waals surface area contributed by atoms with Crippen LogP contribution in [0, 0.1) is 0 Å². The molecule has 11 heavy (non-hydrogen) atoms. The lowest BCUT2D eigenvalue weighted by atomic mass is 10.4. The fourth-order valence-electron chi connectivity index (χ4n) is 0.258. The zero-order chi connectivity index (χ0) is 9.54. The van der Waals surface area contributed by atoms with Gasteiger partial charge in [-0.2, -0.15) is 0 Å². The summed E-state index contributed by atoms with van der Waals surface area (Å²) in [4.78, 5) is 3.80. The SMILES string of the molecule is CC.CCC.CCCC=NC. The Kier molecular flexibility index (Phi) is 51.4. The molecule has 0 N–H and O–H groups in total. The topological polar surface area (TPSA) is 12.4 Å². The summed E-state index contributed by atoms with van der Waals surface area (Å²) < 4.78 is 0. The number of unbranched alkanes of at least 4 members (excludes halogenated alkanes) is 1. The normalized spacial score (nSPS) is 7.82. The Morgan fingerprint density at radius 2 is 1.45 bits per heavy atom. The highest BCUT2D eigenvalue weighted by atomic mass is 14.6. The highest BCUT2D eigenvalue weighted by molar-refractivity contribution is 5.56. The third-order valence-corrected chi connectivity index (χ3v) is 0.600. The molecule has 70 valence electrons. The van der Waals surface area contributed by atoms with Crippen molar-refractivity contribution in [3.05, 3.63) is 0 Å². The van der Waals surface area contributed by atoms with Crippen LogP contribution in [0.5, 0.6) is 0 Å². The summed E-state index contributed by atoms with van der Waals surface area (Å²) in [6, 6.07) is 0. The molecule has 0 atom stereocenters. The van der Waals surface area contributed by atoms with Crippen molar-refractivity contribution in [2.75, 3.05) is 7.05 Å². The Balaban J connectivity index is -0.000000109. The summed E-state index contributed by atoms with van der Waals surface area (Å²) in [7, 11) is 1.80. The molecule has 0 aromatic rings. The Bertz CT molecular complexity index is 48.8. The van der Waals surface area contributed by atoms with Gasteiger partial charge < -0.3 is 4.99 Å². The van der Waals surface area contributed by atoms with E-state index in [-0.39, 0.29) is 0 Å². The Hall–Kier alpha value is -0.330. The van der Waals surface area contributed by atoms with Crippen LogP contribution in [0.3, 0.4) is 0 Å². The van der Waals surface area contributed by atoms with E-state index in [4.69, 9.17) is 0 Å². The van der Waals surface area contributed by atoms with Crippen molar-refractivity contribution in [1.82, 2.24) is 0 Å². The van der Waals surface area contributed by atoms with E-state index in [0.717, 1.165) is 6.42 Å². The smallest absolute Gasteiger partial charge is 0.0273 e. The molecule has 0 aromatic carbocycles. The molecule has 1 nitrogen and oxygen atoms in total. The molecular formula is C10H25N. The first-order valence-corrected chi connectivity index (χ1v) is 4.73. The fourth-order valence-corrected chi connectivity index (χ4v) is 0.258. The van der Waals surface area contributed by atoms with Crippen molar-refractivity contribution in [3.8, 4) is 0 Å². The minimum Gasteiger partial charge on any atom is -0.301 e. The summed E-state index contributed by atoms with van der Waals surface area (Å²) in [6.45, 7) is 10.4. The van der Waals surface area contributed by atoms with Crippen LogP contribution in [0.1, 0.15) is 53.9 Å². The Morgan fingerprint density at radius 3 is 1.55 bits per heavy atom. The summed E-state index contributed by atoms with van der Waals surface area (Å²) in [5, 5.41) is 0. The fraction of sp³-hybridized carbons (Fsp3) is 0.900. The molecule has 0 radical (unpaired) electrons. The first-order chi connectivity index (χ1) is 5.33. The van der Waals surface area contributed by atoms with Crippen LogP contribution in [-0.4, -0.2) is 13.3 Å². The maximum atomic E-state index is 3.80. The van der Waals surface area contributed by atoms with E-state index in [1.807, 2.05) is 20.1 Å². The Labute approximate surface area is 72.9 Å². The van der Waals surface area contributed by atoms with Gasteiger partial charge in [-0.1, -0.05) is 47.5 Å². The van der Waals surface area contributed by atoms with Crippen molar-refractivity contribution >= 4 is 6.21 Å². The molecule has 0 rings (SSSR count). The van der Waals surface area contributed by atoms with Gasteiger partial charge in [0.1, 0.15) is 0 Å². The van der Waals surface area contributed by atoms with Gasteiger partial charge in [-0.25, -0.2) is 0 Å². The van der Waals surface area contributed by atoms with Gasteiger partial charge in [0, 0.05) is 7.05 Å². The first-order valence-electron chi connectivity index (χ1n) is 4.73. The molecule has 0 fully saturated rings. The molecule has 0 aromatic heterocycles. The zero-order valence-corrected chi connectivity index (χ0v) is 9.15. The van der Waals surface area contributed by atoms with Crippen LogP contribution >= 0.6 is 0 Å². The molecule has 0 unspecified atom stereocenters. The van der Waals surface area contributed by atoms with E-state index in [1.54, 1.807) is 7.05 Å². The van der Waals surface area contributed by atoms with Gasteiger partial charge in [-0.3, -0.25) is 0 Å². The quantitative estimate of drug-likeness (QED) is 0.541. The molecule has 0 saturated carbocycles. The van der Waals surface area contributed by atoms with Crippen LogP contribution in [-0.2, 0) is 0 Å². The van der Waals surface area contributed by atoms with Gasteiger partial charge in [-0.15, -0.1) is 0 Å². The first kappa shape index (κ1) is 17.0. The van der Waals surface area contributed by atoms with Gasteiger partial charge >= 0.3 is 0 Å². The molecule has 0 heterocycles. The molecule has 0 bridgehead atoms. The number of hydrogen-bond acceptors (Lipinski definition) is 1. The van der Waals surface area contributed by atoms with Crippen LogP contribution in [0.4, 0.5) is 0 Å². The van der Waals surface area contributed by atoms with Crippen molar-refractivity contribution in [3.63, 3.8) is 0 Å². The predicted molar refractivity (Wildman–Crippen MR) is 56.6 cm³/mol. The van der Waals surface area contributed by atoms with Crippen molar-refractivity contribution in [2.45, 2.75) is 53.9 Å². The highest BCUT2D eigenvalue weighted by Gasteiger charge is 1.66. The number of hydrogen-bond donors (Lipinski definition) is 0. The van der Waals surface area contributed by atoms with Gasteiger partial charge in [0.05, 0.1) is 0 Å². The lowest BCUT2D eigenvalue weighted by Crippen LogP contribution is -1.67. The van der Waals surface area contributed by atoms with E-state index < -0.39 is 0 Å². The summed E-state index contributed by atoms with van der Waals surface area (Å²) in [6.07, 6.45) is 5.51. The maximum absolute atomic E-state index is 3.80. The highest BCUT2D eigenvalue weighted by Crippen LogP contribution is 1.77. The monoisotopic (exact) mass is 159 g/mol. The third-order valence-electron chi connectivity index (χ3n) is 0.600. The molecule has 1 heteroatoms. The number of rotatable bonds is 2. The predicted octanol–water partition coefficient (Wildman–Crippen LogP) is 3.93. The zero-order valence-electron chi connectivity index (χ0n) is 9.15. The van der Waals surface area contributed by atoms with Gasteiger partial charge in [0.25, 0.3) is 0 Å². The van der Waals surface area contributed by atoms with Crippen molar-refractivity contribution in [2.24, 2.45) is 4.99 Å². The molecule has 0 aliphatic carbocycles. The molecule has 0 amide bonds. The molecule has 0 saturated heterocycles. The third kappa shape index (κ3) is 79.8. The maximum Gasteiger partial charge on any atom is 0.0273 e. The van der Waals surface area contributed by atoms with E-state index >= 15 is 0 Å². The molecule has 0 spiro atoms. The molecular weight excluding hydrogens is 134 g/mol. The second kappa shape index (κ2) is 33.3. The standard InChI is InChI=1S/C5H11N.C3H8.C2H6/c1-3-4-5-6-2;1-3-2;1-2/h5H,3-4H2,1-2H3;3H2,1-2H3;1-2H3. The molecule has 0 aliphatic rings. The molecule has 0 aliphatic heterocycles. The average molecular weight is 159 g/mol. The number of nitrogens with zero attached hydrogens (tertiary/aromatic N) is 1. The van der Waals surface area contributed by atoms with Crippen LogP contribution in [0.2, 0.25) is 0 Å². The lowest BCUT2D eigenvalue weighted by molar-refractivity contribution is 1.01. The van der Waals surface area contributed by atoms with Gasteiger partial charge in [-0.05, 0) is 12.6 Å². The van der Waals surface area contributed by atoms with E-state index in [1.165, 1.54) is 12.8 Å². The van der Waals surface area contributed by atoms with Crippen LogP contribution in [0.15, 0.2) is 4.99 Å². The second-order valence-electron chi connectivity index (χ2n) is 1.94. The second-order valence-corrected chi connectivity index (χ2v) is 1.94. The summed E-state index contributed by atoms with van der Waals surface area (Å²) >= 11 is 0. The van der Waals surface area contributed by atoms with Gasteiger partial charge in [0.2, 0.25) is 0 Å². The van der Waals surface area contributed by atoms with Gasteiger partial charge in [0.15, 0.2) is 0 Å². The van der Waals surface area contributed by atoms with E-state index in [0.29, 0.717) is 0 Å². The number of aliphatic imine (C=N–C) groups is 1. The largest absolute Gasteiger partial charge is 0.301 e. The van der Waals surface area contributed by atoms with E-state index in [2.05, 4.69) is 25.8 Å². The van der Waals surface area contributed by atoms with Crippen LogP contribution < -0.4 is 0 Å². The average Bonchev–Trinajstić information content (AvgIpc) is 2.06. The van der Waals surface area contributed by atoms with E-state index in [9.17, 15) is 0 Å². The lowest BCUT2D eigenvalue weighted by Gasteiger charge is -1.75. The van der Waals surface area contributed by atoms with Crippen molar-refractivity contribution < 1.29 is 0 Å².